The second kappa shape index (κ2) is 40.3. The van der Waals surface area contributed by atoms with Crippen molar-refractivity contribution in [2.75, 3.05) is 0 Å². The van der Waals surface area contributed by atoms with E-state index >= 15 is 0 Å². The molecule has 0 N–H and O–H groups in total. The van der Waals surface area contributed by atoms with Crippen LogP contribution in [-0.2, 0) is 19.4 Å². The summed E-state index contributed by atoms with van der Waals surface area (Å²) in [5.74, 6) is 0. The number of hydrogen-bond acceptors (Lipinski definition) is 0. The molecule has 0 amide bonds. The van der Waals surface area contributed by atoms with Crippen LogP contribution < -0.4 is 4.57 Å². The molecule has 0 aromatic carbocycles. The Bertz CT molecular complexity index is 798. The smallest absolute Gasteiger partial charge is 0.172 e. The van der Waals surface area contributed by atoms with Crippen LogP contribution >= 0.6 is 0 Å². The number of aromatic nitrogens is 1. The third kappa shape index (κ3) is 33.5. The van der Waals surface area contributed by atoms with E-state index in [-0.39, 0.29) is 0 Å². The third-order valence-electron chi connectivity index (χ3n) is 11.8. The molecule has 0 radical (unpaired) electrons. The van der Waals surface area contributed by atoms with Crippen molar-refractivity contribution in [1.29, 1.82) is 0 Å². The Morgan fingerprint density at radius 1 is 0.294 bits per heavy atom. The number of aryl methyl sites for hydroxylation is 3. The lowest BCUT2D eigenvalue weighted by atomic mass is 9.97. The molecule has 1 aromatic heterocycles. The highest BCUT2D eigenvalue weighted by Crippen LogP contribution is 2.19. The molecule has 1 nitrogen and oxygen atoms in total. The molecule has 0 saturated heterocycles. The number of nitrogens with zero attached hydrogens (tertiary/aromatic N) is 1. The Labute approximate surface area is 323 Å². The molecule has 0 fully saturated rings. The minimum Gasteiger partial charge on any atom is -0.205 e. The molecular formula is C50H96N+. The molecule has 0 aliphatic rings. The SMILES string of the molecule is CCCCCCCCCCCCCCCCCCCc1cc[n+](CCCCCCC)cc1CCCCCCCCCCCCCCCCCCC. The van der Waals surface area contributed by atoms with Crippen LogP contribution in [0.1, 0.15) is 282 Å². The van der Waals surface area contributed by atoms with Gasteiger partial charge in [0.05, 0.1) is 0 Å². The number of pyridine rings is 1. The first kappa shape index (κ1) is 48.2. The van der Waals surface area contributed by atoms with E-state index in [1.165, 1.54) is 270 Å². The second-order valence-electron chi connectivity index (χ2n) is 17.0. The van der Waals surface area contributed by atoms with Crippen LogP contribution in [0.5, 0.6) is 0 Å². The Hall–Kier alpha value is -0.850. The van der Waals surface area contributed by atoms with E-state index in [1.54, 1.807) is 11.1 Å². The van der Waals surface area contributed by atoms with Gasteiger partial charge in [-0.15, -0.1) is 0 Å². The maximum atomic E-state index is 2.55. The van der Waals surface area contributed by atoms with Gasteiger partial charge < -0.3 is 0 Å². The molecule has 0 spiro atoms. The average Bonchev–Trinajstić information content (AvgIpc) is 3.14. The van der Waals surface area contributed by atoms with Crippen LogP contribution in [0.4, 0.5) is 0 Å². The lowest BCUT2D eigenvalue weighted by Crippen LogP contribution is -2.33. The zero-order valence-corrected chi connectivity index (χ0v) is 35.9. The van der Waals surface area contributed by atoms with Crippen LogP contribution in [0.25, 0.3) is 0 Å². The van der Waals surface area contributed by atoms with E-state index in [0.717, 1.165) is 0 Å². The summed E-state index contributed by atoms with van der Waals surface area (Å²) in [5.41, 5.74) is 3.33. The minimum atomic E-state index is 1.20. The summed E-state index contributed by atoms with van der Waals surface area (Å²) in [6, 6.07) is 2.50. The topological polar surface area (TPSA) is 3.88 Å². The fourth-order valence-corrected chi connectivity index (χ4v) is 8.21. The van der Waals surface area contributed by atoms with Crippen LogP contribution in [0.15, 0.2) is 18.5 Å². The molecule has 1 rings (SSSR count). The zero-order valence-electron chi connectivity index (χ0n) is 35.9. The second-order valence-corrected chi connectivity index (χ2v) is 17.0. The van der Waals surface area contributed by atoms with Gasteiger partial charge in [0, 0.05) is 18.1 Å². The Kier molecular flexibility index (Phi) is 38.1. The Balaban J connectivity index is 2.16. The van der Waals surface area contributed by atoms with E-state index in [0.29, 0.717) is 0 Å². The Morgan fingerprint density at radius 3 is 0.863 bits per heavy atom. The molecule has 0 aliphatic carbocycles. The summed E-state index contributed by atoms with van der Waals surface area (Å²) < 4.78 is 2.52. The first-order valence-electron chi connectivity index (χ1n) is 24.3. The van der Waals surface area contributed by atoms with Gasteiger partial charge in [-0.05, 0) is 37.7 Å². The van der Waals surface area contributed by atoms with Gasteiger partial charge in [-0.2, -0.15) is 0 Å². The zero-order chi connectivity index (χ0) is 36.6. The summed E-state index contributed by atoms with van der Waals surface area (Å²) in [7, 11) is 0. The first-order valence-corrected chi connectivity index (χ1v) is 24.3. The third-order valence-corrected chi connectivity index (χ3v) is 11.8. The van der Waals surface area contributed by atoms with Gasteiger partial charge in [0.15, 0.2) is 12.4 Å². The van der Waals surface area contributed by atoms with E-state index in [2.05, 4.69) is 43.8 Å². The van der Waals surface area contributed by atoms with Gasteiger partial charge >= 0.3 is 0 Å². The fourth-order valence-electron chi connectivity index (χ4n) is 8.21. The molecule has 0 atom stereocenters. The van der Waals surface area contributed by atoms with E-state index in [1.807, 2.05) is 0 Å². The molecule has 0 saturated carbocycles. The fraction of sp³-hybridized carbons (Fsp3) is 0.900. The molecule has 0 bridgehead atoms. The molecule has 300 valence electrons. The van der Waals surface area contributed by atoms with E-state index in [9.17, 15) is 0 Å². The predicted octanol–water partition coefficient (Wildman–Crippen LogP) is 17.3. The monoisotopic (exact) mass is 711 g/mol. The van der Waals surface area contributed by atoms with Crippen molar-refractivity contribution in [2.45, 2.75) is 291 Å². The standard InChI is InChI=1S/C50H96N/c1-4-7-10-13-15-17-19-21-23-25-27-29-31-33-35-37-40-43-49-45-47-51(46-42-39-12-9-6-3)48-50(49)44-41-38-36-34-32-30-28-26-24-22-20-18-16-14-11-8-5-2/h45,47-48H,4-44,46H2,1-3H3/q+1. The summed E-state index contributed by atoms with van der Waals surface area (Å²) in [6.45, 7) is 8.15. The average molecular weight is 711 g/mol. The van der Waals surface area contributed by atoms with Crippen molar-refractivity contribution < 1.29 is 4.57 Å². The first-order chi connectivity index (χ1) is 25.3. The van der Waals surface area contributed by atoms with Crippen molar-refractivity contribution in [1.82, 2.24) is 0 Å². The van der Waals surface area contributed by atoms with Crippen LogP contribution in [0.2, 0.25) is 0 Å². The van der Waals surface area contributed by atoms with Gasteiger partial charge in [0.25, 0.3) is 0 Å². The normalized spacial score (nSPS) is 11.6. The number of unbranched alkanes of at least 4 members (excludes halogenated alkanes) is 36. The van der Waals surface area contributed by atoms with Crippen molar-refractivity contribution in [3.05, 3.63) is 29.6 Å². The maximum Gasteiger partial charge on any atom is 0.172 e. The molecule has 0 unspecified atom stereocenters. The summed E-state index contributed by atoms with van der Waals surface area (Å²) in [4.78, 5) is 0. The highest BCUT2D eigenvalue weighted by molar-refractivity contribution is 5.21. The molecule has 1 heteroatoms. The molecule has 51 heavy (non-hydrogen) atoms. The van der Waals surface area contributed by atoms with E-state index < -0.39 is 0 Å². The van der Waals surface area contributed by atoms with Crippen molar-refractivity contribution in [3.63, 3.8) is 0 Å². The maximum absolute atomic E-state index is 2.55. The number of hydrogen-bond donors (Lipinski definition) is 0. The molecular weight excluding hydrogens is 615 g/mol. The lowest BCUT2D eigenvalue weighted by molar-refractivity contribution is -0.697. The van der Waals surface area contributed by atoms with Crippen LogP contribution in [0.3, 0.4) is 0 Å². The molecule has 0 aliphatic heterocycles. The van der Waals surface area contributed by atoms with Gasteiger partial charge in [0.2, 0.25) is 0 Å². The van der Waals surface area contributed by atoms with E-state index in [4.69, 9.17) is 0 Å². The molecule has 1 heterocycles. The molecule has 1 aromatic rings. The van der Waals surface area contributed by atoms with Gasteiger partial charge in [0.1, 0.15) is 6.54 Å². The van der Waals surface area contributed by atoms with Gasteiger partial charge in [-0.1, -0.05) is 245 Å². The van der Waals surface area contributed by atoms with Crippen LogP contribution in [0, 0.1) is 0 Å². The largest absolute Gasteiger partial charge is 0.205 e. The van der Waals surface area contributed by atoms with Gasteiger partial charge in [-0.25, -0.2) is 4.57 Å². The van der Waals surface area contributed by atoms with Crippen molar-refractivity contribution in [2.24, 2.45) is 0 Å². The minimum absolute atomic E-state index is 1.20. The van der Waals surface area contributed by atoms with Crippen LogP contribution in [-0.4, -0.2) is 0 Å². The summed E-state index contributed by atoms with van der Waals surface area (Å²) in [6.07, 6.45) is 63.8. The quantitative estimate of drug-likeness (QED) is 0.0470. The van der Waals surface area contributed by atoms with Gasteiger partial charge in [-0.3, -0.25) is 0 Å². The summed E-state index contributed by atoms with van der Waals surface area (Å²) in [5, 5.41) is 0. The Morgan fingerprint density at radius 2 is 0.549 bits per heavy atom. The lowest BCUT2D eigenvalue weighted by Gasteiger charge is -2.10. The summed E-state index contributed by atoms with van der Waals surface area (Å²) >= 11 is 0. The van der Waals surface area contributed by atoms with Crippen molar-refractivity contribution >= 4 is 0 Å². The number of rotatable bonds is 42. The van der Waals surface area contributed by atoms with Crippen molar-refractivity contribution in [3.8, 4) is 0 Å². The highest BCUT2D eigenvalue weighted by Gasteiger charge is 2.10. The highest BCUT2D eigenvalue weighted by atomic mass is 14.9. The predicted molar refractivity (Wildman–Crippen MR) is 231 cm³/mol.